The molecule has 0 aliphatic carbocycles. The molecule has 7 rings (SSSR count). The fourth-order valence-electron chi connectivity index (χ4n) is 6.53. The first kappa shape index (κ1) is 31.2. The summed E-state index contributed by atoms with van der Waals surface area (Å²) < 4.78 is 2.90. The summed E-state index contributed by atoms with van der Waals surface area (Å²) in [5.41, 5.74) is 3.04. The number of carbonyl (C=O) groups is 5. The van der Waals surface area contributed by atoms with Gasteiger partial charge in [-0.25, -0.2) is 14.8 Å². The first-order valence-electron chi connectivity index (χ1n) is 16.2. The Morgan fingerprint density at radius 1 is 0.854 bits per heavy atom. The van der Waals surface area contributed by atoms with Crippen molar-refractivity contribution in [1.29, 1.82) is 0 Å². The van der Waals surface area contributed by atoms with E-state index in [0.29, 0.717) is 52.6 Å². The van der Waals surface area contributed by atoms with Gasteiger partial charge in [0.1, 0.15) is 0 Å². The molecule has 246 valence electrons. The van der Waals surface area contributed by atoms with Crippen LogP contribution < -0.4 is 10.2 Å². The predicted molar refractivity (Wildman–Crippen MR) is 177 cm³/mol. The van der Waals surface area contributed by atoms with Crippen LogP contribution in [-0.4, -0.2) is 94.0 Å². The van der Waals surface area contributed by atoms with Crippen LogP contribution in [0.1, 0.15) is 43.4 Å². The normalized spacial score (nSPS) is 18.0. The number of nitrogens with one attached hydrogen (secondary N) is 1. The molecule has 13 nitrogen and oxygen atoms in total. The molecule has 5 heterocycles. The quantitative estimate of drug-likeness (QED) is 0.164. The second-order valence-corrected chi connectivity index (χ2v) is 13.0. The number of imide groups is 2. The minimum atomic E-state index is -0.642. The number of hydrogen-bond acceptors (Lipinski definition) is 9. The summed E-state index contributed by atoms with van der Waals surface area (Å²) >= 11 is 0. The van der Waals surface area contributed by atoms with Crippen LogP contribution in [0.3, 0.4) is 0 Å². The number of benzene rings is 2. The van der Waals surface area contributed by atoms with Crippen LogP contribution in [0.4, 0.5) is 5.95 Å². The Labute approximate surface area is 276 Å². The number of aryl methyl sites for hydroxylation is 1. The Balaban J connectivity index is 1.21. The lowest BCUT2D eigenvalue weighted by Gasteiger charge is -2.39. The lowest BCUT2D eigenvalue weighted by atomic mass is 9.97. The summed E-state index contributed by atoms with van der Waals surface area (Å²) in [5.74, 6) is -2.13. The molecule has 2 saturated heterocycles. The van der Waals surface area contributed by atoms with E-state index in [1.54, 1.807) is 0 Å². The van der Waals surface area contributed by atoms with Crippen LogP contribution in [0.5, 0.6) is 0 Å². The molecule has 4 aromatic rings. The smallest absolute Gasteiger partial charge is 0.333 e. The molecule has 3 aliphatic heterocycles. The summed E-state index contributed by atoms with van der Waals surface area (Å²) in [5, 5.41) is 4.56. The van der Waals surface area contributed by atoms with Gasteiger partial charge in [-0.1, -0.05) is 36.4 Å². The van der Waals surface area contributed by atoms with Crippen molar-refractivity contribution in [3.63, 3.8) is 0 Å². The Morgan fingerprint density at radius 3 is 2.27 bits per heavy atom. The Hall–Kier alpha value is -5.43. The van der Waals surface area contributed by atoms with Gasteiger partial charge in [-0.2, -0.15) is 0 Å². The van der Waals surface area contributed by atoms with Crippen molar-refractivity contribution in [3.05, 3.63) is 66.0 Å². The number of amides is 4. The number of likely N-dealkylation sites (N-methyl/N-ethyl adjacent to an activating group) is 1. The highest BCUT2D eigenvalue weighted by molar-refractivity contribution is 6.50. The van der Waals surface area contributed by atoms with Crippen molar-refractivity contribution in [3.8, 4) is 0 Å². The maximum Gasteiger partial charge on any atom is 0.333 e. The monoisotopic (exact) mass is 650 g/mol. The van der Waals surface area contributed by atoms with Crippen molar-refractivity contribution < 1.29 is 33.3 Å². The Kier molecular flexibility index (Phi) is 7.99. The zero-order valence-corrected chi connectivity index (χ0v) is 26.9. The van der Waals surface area contributed by atoms with Crippen molar-refractivity contribution in [1.82, 2.24) is 24.9 Å². The molecule has 13 heteroatoms. The topological polar surface area (TPSA) is 144 Å². The van der Waals surface area contributed by atoms with E-state index in [4.69, 9.17) is 14.8 Å². The molecule has 0 bridgehead atoms. The van der Waals surface area contributed by atoms with E-state index in [1.807, 2.05) is 59.3 Å². The number of hydroxylamine groups is 2. The van der Waals surface area contributed by atoms with Gasteiger partial charge in [0.2, 0.25) is 5.95 Å². The number of aromatic nitrogens is 3. The molecule has 1 N–H and O–H groups in total. The summed E-state index contributed by atoms with van der Waals surface area (Å²) in [6.07, 6.45) is 3.02. The van der Waals surface area contributed by atoms with Crippen LogP contribution in [0.2, 0.25) is 0 Å². The average molecular weight is 651 g/mol. The second-order valence-electron chi connectivity index (χ2n) is 13.0. The minimum Gasteiger partial charge on any atom is -0.347 e. The van der Waals surface area contributed by atoms with Crippen molar-refractivity contribution in [2.75, 3.05) is 45.2 Å². The fraction of sp³-hybridized carbons (Fsp3) is 0.343. The number of para-hydroxylation sites is 2. The zero-order chi connectivity index (χ0) is 33.6. The van der Waals surface area contributed by atoms with E-state index in [2.05, 4.69) is 24.3 Å². The van der Waals surface area contributed by atoms with Gasteiger partial charge in [-0.15, -0.1) is 5.06 Å². The van der Waals surface area contributed by atoms with E-state index in [-0.39, 0.29) is 30.4 Å². The third kappa shape index (κ3) is 5.81. The molecule has 2 fully saturated rings. The highest BCUT2D eigenvalue weighted by atomic mass is 16.7. The number of anilines is 1. The van der Waals surface area contributed by atoms with Gasteiger partial charge in [-0.3, -0.25) is 24.5 Å². The molecule has 0 radical (unpaired) electrons. The predicted octanol–water partition coefficient (Wildman–Crippen LogP) is 2.83. The van der Waals surface area contributed by atoms with Gasteiger partial charge < -0.3 is 18.8 Å². The largest absolute Gasteiger partial charge is 0.347 e. The molecule has 2 aromatic carbocycles. The number of unbranched alkanes of at least 4 members (excludes halogenated alkanes) is 1. The first-order chi connectivity index (χ1) is 23.1. The molecule has 3 aliphatic rings. The van der Waals surface area contributed by atoms with Gasteiger partial charge in [0, 0.05) is 53.9 Å². The lowest BCUT2D eigenvalue weighted by Crippen LogP contribution is -2.55. The molecule has 0 spiro atoms. The maximum absolute atomic E-state index is 13.6. The van der Waals surface area contributed by atoms with E-state index in [9.17, 15) is 24.0 Å². The second kappa shape index (κ2) is 12.3. The standard InChI is InChI=1S/C35H35N7O6/c1-42(2)19-17-39(18-20-42)35-36-25-11-5-3-10-23(25)32(37-35)31-30(33(46)38-34(31)47)24-21-40(26-12-6-4-9-22(24)26)16-8-7-13-29(45)48-41-27(43)14-15-28(41)44/h3-6,9-12,21H,7-8,13-20H2,1-2H3/p+1. The van der Waals surface area contributed by atoms with Gasteiger partial charge in [-0.05, 0) is 25.0 Å². The fourth-order valence-corrected chi connectivity index (χ4v) is 6.53. The number of rotatable bonds is 9. The van der Waals surface area contributed by atoms with Gasteiger partial charge in [0.25, 0.3) is 23.6 Å². The Bertz CT molecular complexity index is 2020. The summed E-state index contributed by atoms with van der Waals surface area (Å²) in [6, 6.07) is 15.2. The van der Waals surface area contributed by atoms with Crippen LogP contribution in [-0.2, 0) is 35.4 Å². The SMILES string of the molecule is C[N+]1(C)CCN(c2nc(C3=C(c4cn(CCCCC(=O)ON5C(=O)CCC5=O)c5ccccc45)C(=O)NC3=O)c3ccccc3n2)CC1. The maximum atomic E-state index is 13.6. The van der Waals surface area contributed by atoms with E-state index >= 15 is 0 Å². The molecular weight excluding hydrogens is 614 g/mol. The molecular formula is C35H36N7O6+. The lowest BCUT2D eigenvalue weighted by molar-refractivity contribution is -0.890. The highest BCUT2D eigenvalue weighted by Crippen LogP contribution is 2.38. The summed E-state index contributed by atoms with van der Waals surface area (Å²) in [4.78, 5) is 80.0. The number of quaternary nitrogens is 1. The number of nitrogens with zero attached hydrogens (tertiary/aromatic N) is 6. The molecule has 0 atom stereocenters. The molecule has 4 amide bonds. The van der Waals surface area contributed by atoms with Crippen LogP contribution in [0.25, 0.3) is 33.0 Å². The molecule has 48 heavy (non-hydrogen) atoms. The minimum absolute atomic E-state index is 0.0337. The van der Waals surface area contributed by atoms with Crippen LogP contribution in [0, 0.1) is 0 Å². The number of carbonyl (C=O) groups excluding carboxylic acids is 5. The summed E-state index contributed by atoms with van der Waals surface area (Å²) in [7, 11) is 4.39. The van der Waals surface area contributed by atoms with Gasteiger partial charge >= 0.3 is 5.97 Å². The molecule has 0 unspecified atom stereocenters. The molecule has 2 aromatic heterocycles. The van der Waals surface area contributed by atoms with Crippen molar-refractivity contribution >= 4 is 68.5 Å². The number of hydrogen-bond donors (Lipinski definition) is 1. The number of piperazine rings is 1. The molecule has 0 saturated carbocycles. The van der Waals surface area contributed by atoms with Gasteiger partial charge in [0.15, 0.2) is 0 Å². The van der Waals surface area contributed by atoms with Crippen LogP contribution >= 0.6 is 0 Å². The highest BCUT2D eigenvalue weighted by Gasteiger charge is 2.37. The van der Waals surface area contributed by atoms with Crippen LogP contribution in [0.15, 0.2) is 54.7 Å². The van der Waals surface area contributed by atoms with E-state index in [0.717, 1.165) is 41.6 Å². The van der Waals surface area contributed by atoms with Crippen molar-refractivity contribution in [2.45, 2.75) is 38.6 Å². The number of fused-ring (bicyclic) bond motifs is 2. The summed E-state index contributed by atoms with van der Waals surface area (Å²) in [6.45, 7) is 3.90. The third-order valence-electron chi connectivity index (χ3n) is 9.28. The van der Waals surface area contributed by atoms with E-state index < -0.39 is 29.6 Å². The van der Waals surface area contributed by atoms with Gasteiger partial charge in [0.05, 0.1) is 62.6 Å². The Morgan fingerprint density at radius 2 is 1.52 bits per heavy atom. The van der Waals surface area contributed by atoms with E-state index in [1.165, 1.54) is 0 Å². The average Bonchev–Trinajstić information content (AvgIpc) is 3.69. The first-order valence-corrected chi connectivity index (χ1v) is 16.2. The zero-order valence-electron chi connectivity index (χ0n) is 26.9. The third-order valence-corrected chi connectivity index (χ3v) is 9.28. The van der Waals surface area contributed by atoms with Crippen molar-refractivity contribution in [2.24, 2.45) is 0 Å².